The number of amides is 2. The second kappa shape index (κ2) is 6.70. The van der Waals surface area contributed by atoms with Gasteiger partial charge in [0.2, 0.25) is 21.8 Å². The molecule has 0 spiro atoms. The van der Waals surface area contributed by atoms with Crippen molar-refractivity contribution in [1.82, 2.24) is 9.29 Å². The fourth-order valence-electron chi connectivity index (χ4n) is 3.02. The van der Waals surface area contributed by atoms with Crippen LogP contribution in [0.4, 0.5) is 10.8 Å². The number of sulfonamides is 1. The van der Waals surface area contributed by atoms with Crippen LogP contribution in [0.15, 0.2) is 34.7 Å². The minimum absolute atomic E-state index is 0.0435. The summed E-state index contributed by atoms with van der Waals surface area (Å²) in [6.07, 6.45) is 1.55. The summed E-state index contributed by atoms with van der Waals surface area (Å²) in [5.41, 5.74) is 0.529. The smallest absolute Gasteiger partial charge is 0.243 e. The maximum Gasteiger partial charge on any atom is 0.243 e. The molecule has 1 aromatic heterocycles. The molecular weight excluding hydrogens is 388 g/mol. The number of aromatic nitrogens is 1. The highest BCUT2D eigenvalue weighted by Crippen LogP contribution is 2.41. The van der Waals surface area contributed by atoms with Crippen LogP contribution in [0.25, 0.3) is 0 Å². The van der Waals surface area contributed by atoms with Crippen molar-refractivity contribution in [3.8, 4) is 0 Å². The van der Waals surface area contributed by atoms with E-state index in [0.29, 0.717) is 16.4 Å². The van der Waals surface area contributed by atoms with Gasteiger partial charge >= 0.3 is 0 Å². The molecule has 2 heterocycles. The molecule has 1 aromatic carbocycles. The van der Waals surface area contributed by atoms with Crippen molar-refractivity contribution in [1.29, 1.82) is 0 Å². The molecule has 1 aliphatic rings. The quantitative estimate of drug-likeness (QED) is 0.811. The first kappa shape index (κ1) is 19.5. The molecule has 0 saturated carbocycles. The highest BCUT2D eigenvalue weighted by Gasteiger charge is 2.43. The zero-order valence-corrected chi connectivity index (χ0v) is 17.0. The topological polar surface area (TPSA) is 99.7 Å². The Morgan fingerprint density at radius 1 is 1.37 bits per heavy atom. The van der Waals surface area contributed by atoms with E-state index in [9.17, 15) is 18.0 Å². The molecule has 2 aromatic rings. The van der Waals surface area contributed by atoms with E-state index in [1.54, 1.807) is 38.5 Å². The van der Waals surface area contributed by atoms with Crippen LogP contribution in [-0.2, 0) is 25.0 Å². The van der Waals surface area contributed by atoms with Gasteiger partial charge in [0.1, 0.15) is 0 Å². The molecule has 144 valence electrons. The third kappa shape index (κ3) is 3.35. The maximum atomic E-state index is 12.9. The monoisotopic (exact) mass is 408 g/mol. The van der Waals surface area contributed by atoms with Gasteiger partial charge in [0.15, 0.2) is 5.13 Å². The van der Waals surface area contributed by atoms with E-state index in [-0.39, 0.29) is 17.3 Å². The zero-order valence-electron chi connectivity index (χ0n) is 15.4. The Kier molecular flexibility index (Phi) is 4.83. The summed E-state index contributed by atoms with van der Waals surface area (Å²) in [5, 5.41) is 4.67. The molecule has 0 radical (unpaired) electrons. The predicted molar refractivity (Wildman–Crippen MR) is 103 cm³/mol. The van der Waals surface area contributed by atoms with Gasteiger partial charge in [-0.05, 0) is 37.6 Å². The SMILES string of the molecule is CN1C(=O)C(C)(C)c2cc(S(=O)(=O)N(C)CC(=O)Nc3nccs3)ccc21. The predicted octanol–water partition coefficient (Wildman–Crippen LogP) is 1.66. The lowest BCUT2D eigenvalue weighted by Gasteiger charge is -2.19. The number of fused-ring (bicyclic) bond motifs is 1. The second-order valence-corrected chi connectivity index (χ2v) is 9.75. The molecule has 0 atom stereocenters. The Morgan fingerprint density at radius 2 is 2.07 bits per heavy atom. The average Bonchev–Trinajstić information content (AvgIpc) is 3.17. The largest absolute Gasteiger partial charge is 0.314 e. The van der Waals surface area contributed by atoms with Gasteiger partial charge in [-0.25, -0.2) is 13.4 Å². The van der Waals surface area contributed by atoms with Crippen molar-refractivity contribution in [2.45, 2.75) is 24.2 Å². The Hall–Kier alpha value is -2.30. The van der Waals surface area contributed by atoms with Crippen molar-refractivity contribution < 1.29 is 18.0 Å². The van der Waals surface area contributed by atoms with Gasteiger partial charge < -0.3 is 10.2 Å². The van der Waals surface area contributed by atoms with Crippen LogP contribution < -0.4 is 10.2 Å². The van der Waals surface area contributed by atoms with E-state index in [4.69, 9.17) is 0 Å². The van der Waals surface area contributed by atoms with E-state index in [0.717, 1.165) is 4.31 Å². The molecule has 0 saturated heterocycles. The van der Waals surface area contributed by atoms with Crippen molar-refractivity contribution in [3.63, 3.8) is 0 Å². The van der Waals surface area contributed by atoms with E-state index >= 15 is 0 Å². The first-order chi connectivity index (χ1) is 12.5. The van der Waals surface area contributed by atoms with Gasteiger partial charge in [-0.2, -0.15) is 4.31 Å². The number of nitrogens with one attached hydrogen (secondary N) is 1. The lowest BCUT2D eigenvalue weighted by molar-refractivity contribution is -0.121. The minimum atomic E-state index is -3.89. The highest BCUT2D eigenvalue weighted by atomic mass is 32.2. The number of nitrogens with zero attached hydrogens (tertiary/aromatic N) is 3. The third-order valence-electron chi connectivity index (χ3n) is 4.60. The van der Waals surface area contributed by atoms with Gasteiger partial charge in [0.25, 0.3) is 0 Å². The zero-order chi connectivity index (χ0) is 20.0. The molecule has 27 heavy (non-hydrogen) atoms. The molecular formula is C17H20N4O4S2. The summed E-state index contributed by atoms with van der Waals surface area (Å²) in [6.45, 7) is 3.18. The number of anilines is 2. The number of hydrogen-bond donors (Lipinski definition) is 1. The Balaban J connectivity index is 1.84. The Labute approximate surface area is 161 Å². The Bertz CT molecular complexity index is 1000. The lowest BCUT2D eigenvalue weighted by atomic mass is 9.86. The van der Waals surface area contributed by atoms with Gasteiger partial charge in [-0.15, -0.1) is 11.3 Å². The van der Waals surface area contributed by atoms with Gasteiger partial charge in [0, 0.05) is 31.4 Å². The van der Waals surface area contributed by atoms with Crippen LogP contribution in [0.5, 0.6) is 0 Å². The fourth-order valence-corrected chi connectivity index (χ4v) is 4.72. The standard InChI is InChI=1S/C17H20N4O4S2/c1-17(2)12-9-11(5-6-13(12)21(4)15(17)23)27(24,25)20(3)10-14(22)19-16-18-7-8-26-16/h5-9H,10H2,1-4H3,(H,18,19,22). The first-order valence-corrected chi connectivity index (χ1v) is 10.5. The van der Waals surface area contributed by atoms with Crippen LogP contribution in [0.1, 0.15) is 19.4 Å². The summed E-state index contributed by atoms with van der Waals surface area (Å²) in [4.78, 5) is 30.0. The van der Waals surface area contributed by atoms with Crippen LogP contribution in [0, 0.1) is 0 Å². The summed E-state index contributed by atoms with van der Waals surface area (Å²) in [5.74, 6) is -0.573. The number of carbonyl (C=O) groups excluding carboxylic acids is 2. The minimum Gasteiger partial charge on any atom is -0.314 e. The molecule has 3 rings (SSSR count). The van der Waals surface area contributed by atoms with E-state index in [1.165, 1.54) is 35.4 Å². The van der Waals surface area contributed by atoms with Gasteiger partial charge in [-0.3, -0.25) is 9.59 Å². The molecule has 0 aliphatic carbocycles. The molecule has 10 heteroatoms. The van der Waals surface area contributed by atoms with Crippen LogP contribution in [-0.4, -0.2) is 50.2 Å². The number of carbonyl (C=O) groups is 2. The Morgan fingerprint density at radius 3 is 2.70 bits per heavy atom. The number of rotatable bonds is 5. The first-order valence-electron chi connectivity index (χ1n) is 8.13. The van der Waals surface area contributed by atoms with Gasteiger partial charge in [-0.1, -0.05) is 0 Å². The lowest BCUT2D eigenvalue weighted by Crippen LogP contribution is -2.35. The molecule has 1 aliphatic heterocycles. The van der Waals surface area contributed by atoms with Crippen molar-refractivity contribution >= 4 is 44.0 Å². The maximum absolute atomic E-state index is 12.9. The second-order valence-electron chi connectivity index (χ2n) is 6.81. The molecule has 0 unspecified atom stereocenters. The summed E-state index contributed by atoms with van der Waals surface area (Å²) in [6, 6.07) is 4.59. The van der Waals surface area contributed by atoms with Crippen LogP contribution in [0.2, 0.25) is 0 Å². The molecule has 2 amide bonds. The normalized spacial score (nSPS) is 15.9. The van der Waals surface area contributed by atoms with Crippen LogP contribution >= 0.6 is 11.3 Å². The van der Waals surface area contributed by atoms with Crippen molar-refractivity contribution in [3.05, 3.63) is 35.3 Å². The number of thiazole rings is 1. The van der Waals surface area contributed by atoms with E-state index in [2.05, 4.69) is 10.3 Å². The summed E-state index contributed by atoms with van der Waals surface area (Å²) >= 11 is 1.25. The number of likely N-dealkylation sites (N-methyl/N-ethyl adjacent to an activating group) is 2. The van der Waals surface area contributed by atoms with E-state index < -0.39 is 21.3 Å². The molecule has 8 nitrogen and oxygen atoms in total. The molecule has 1 N–H and O–H groups in total. The summed E-state index contributed by atoms with van der Waals surface area (Å²) < 4.78 is 26.7. The molecule has 0 fully saturated rings. The van der Waals surface area contributed by atoms with Gasteiger partial charge in [0.05, 0.1) is 16.9 Å². The average molecular weight is 409 g/mol. The van der Waals surface area contributed by atoms with E-state index in [1.807, 2.05) is 0 Å². The summed E-state index contributed by atoms with van der Waals surface area (Å²) in [7, 11) is -0.888. The van der Waals surface area contributed by atoms with Crippen molar-refractivity contribution in [2.75, 3.05) is 30.9 Å². The number of benzene rings is 1. The highest BCUT2D eigenvalue weighted by molar-refractivity contribution is 7.89. The third-order valence-corrected chi connectivity index (χ3v) is 7.08. The van der Waals surface area contributed by atoms with Crippen LogP contribution in [0.3, 0.4) is 0 Å². The number of hydrogen-bond acceptors (Lipinski definition) is 6. The fraction of sp³-hybridized carbons (Fsp3) is 0.353. The molecule has 0 bridgehead atoms. The van der Waals surface area contributed by atoms with Crippen molar-refractivity contribution in [2.24, 2.45) is 0 Å².